The zero-order valence-corrected chi connectivity index (χ0v) is 15.9. The molecule has 2 aromatic rings. The SMILES string of the molecule is CCNC(=NCCS(=O)c1ccccc1)N(C)CCc1cccs1. The van der Waals surface area contributed by atoms with E-state index in [1.165, 1.54) is 4.88 Å². The largest absolute Gasteiger partial charge is 0.357 e. The van der Waals surface area contributed by atoms with E-state index in [4.69, 9.17) is 0 Å². The van der Waals surface area contributed by atoms with Crippen LogP contribution in [0.2, 0.25) is 0 Å². The van der Waals surface area contributed by atoms with Crippen LogP contribution in [0, 0.1) is 0 Å². The average molecular weight is 364 g/mol. The number of hydrogen-bond donors (Lipinski definition) is 1. The highest BCUT2D eigenvalue weighted by atomic mass is 32.2. The quantitative estimate of drug-likeness (QED) is 0.579. The van der Waals surface area contributed by atoms with Crippen LogP contribution in [0.25, 0.3) is 0 Å². The molecule has 0 aliphatic carbocycles. The maximum absolute atomic E-state index is 12.2. The van der Waals surface area contributed by atoms with Gasteiger partial charge in [-0.1, -0.05) is 24.3 Å². The first-order valence-corrected chi connectivity index (χ1v) is 10.4. The molecule has 130 valence electrons. The van der Waals surface area contributed by atoms with Crippen molar-refractivity contribution in [2.75, 3.05) is 32.4 Å². The van der Waals surface area contributed by atoms with Gasteiger partial charge in [-0.3, -0.25) is 9.20 Å². The first-order valence-electron chi connectivity index (χ1n) is 8.16. The average Bonchev–Trinajstić information content (AvgIpc) is 3.13. The van der Waals surface area contributed by atoms with Gasteiger partial charge in [0.25, 0.3) is 0 Å². The molecular formula is C18H25N3OS2. The smallest absolute Gasteiger partial charge is 0.193 e. The summed E-state index contributed by atoms with van der Waals surface area (Å²) in [6.07, 6.45) is 1.01. The molecule has 1 N–H and O–H groups in total. The number of nitrogens with one attached hydrogen (secondary N) is 1. The molecule has 24 heavy (non-hydrogen) atoms. The van der Waals surface area contributed by atoms with E-state index in [0.29, 0.717) is 12.3 Å². The third-order valence-corrected chi connectivity index (χ3v) is 5.80. The van der Waals surface area contributed by atoms with Crippen molar-refractivity contribution in [3.8, 4) is 0 Å². The molecule has 6 heteroatoms. The molecule has 1 unspecified atom stereocenters. The van der Waals surface area contributed by atoms with Crippen molar-refractivity contribution in [2.45, 2.75) is 18.2 Å². The summed E-state index contributed by atoms with van der Waals surface area (Å²) in [6, 6.07) is 13.8. The minimum absolute atomic E-state index is 0.539. The number of benzene rings is 1. The summed E-state index contributed by atoms with van der Waals surface area (Å²) in [5.74, 6) is 1.41. The lowest BCUT2D eigenvalue weighted by molar-refractivity contribution is 0.487. The second-order valence-electron chi connectivity index (χ2n) is 5.35. The molecule has 0 saturated heterocycles. The van der Waals surface area contributed by atoms with Crippen LogP contribution in [0.1, 0.15) is 11.8 Å². The highest BCUT2D eigenvalue weighted by Gasteiger charge is 2.07. The number of guanidine groups is 1. The van der Waals surface area contributed by atoms with Gasteiger partial charge in [-0.05, 0) is 36.9 Å². The molecule has 0 amide bonds. The fourth-order valence-electron chi connectivity index (χ4n) is 2.23. The number of aliphatic imine (C=N–C) groups is 1. The summed E-state index contributed by atoms with van der Waals surface area (Å²) in [4.78, 5) is 9.00. The van der Waals surface area contributed by atoms with Gasteiger partial charge in [-0.25, -0.2) is 0 Å². The van der Waals surface area contributed by atoms with Crippen LogP contribution in [-0.4, -0.2) is 47.5 Å². The minimum atomic E-state index is -0.997. The summed E-state index contributed by atoms with van der Waals surface area (Å²) in [5.41, 5.74) is 0. The molecule has 1 aromatic carbocycles. The Kier molecular flexibility index (Phi) is 7.98. The topological polar surface area (TPSA) is 44.7 Å². The predicted molar refractivity (Wildman–Crippen MR) is 104 cm³/mol. The van der Waals surface area contributed by atoms with Crippen LogP contribution in [0.3, 0.4) is 0 Å². The Hall–Kier alpha value is -1.66. The van der Waals surface area contributed by atoms with Crippen molar-refractivity contribution >= 4 is 28.1 Å². The van der Waals surface area contributed by atoms with Gasteiger partial charge in [0.2, 0.25) is 0 Å². The molecule has 0 aliphatic rings. The van der Waals surface area contributed by atoms with E-state index in [1.807, 2.05) is 37.4 Å². The Balaban J connectivity index is 1.86. The second kappa shape index (κ2) is 10.3. The maximum Gasteiger partial charge on any atom is 0.193 e. The van der Waals surface area contributed by atoms with Gasteiger partial charge in [0.1, 0.15) is 0 Å². The fraction of sp³-hybridized carbons (Fsp3) is 0.389. The highest BCUT2D eigenvalue weighted by Crippen LogP contribution is 2.09. The van der Waals surface area contributed by atoms with Crippen LogP contribution < -0.4 is 5.32 Å². The van der Waals surface area contributed by atoms with Crippen molar-refractivity contribution in [1.82, 2.24) is 10.2 Å². The Labute approximate surface area is 151 Å². The highest BCUT2D eigenvalue weighted by molar-refractivity contribution is 7.85. The Morgan fingerprint density at radius 1 is 1.25 bits per heavy atom. The van der Waals surface area contributed by atoms with E-state index in [-0.39, 0.29) is 0 Å². The van der Waals surface area contributed by atoms with Crippen LogP contribution >= 0.6 is 11.3 Å². The van der Waals surface area contributed by atoms with Crippen molar-refractivity contribution in [1.29, 1.82) is 0 Å². The Bertz CT molecular complexity index is 642. The summed E-state index contributed by atoms with van der Waals surface area (Å²) in [5, 5.41) is 5.41. The van der Waals surface area contributed by atoms with E-state index in [1.54, 1.807) is 11.3 Å². The number of rotatable bonds is 8. The third kappa shape index (κ3) is 6.09. The standard InChI is InChI=1S/C18H25N3OS2/c1-3-19-18(21(2)13-11-16-8-7-14-23-16)20-12-15-24(22)17-9-5-4-6-10-17/h4-10,14H,3,11-13,15H2,1-2H3,(H,19,20). The fourth-order valence-corrected chi connectivity index (χ4v) is 3.88. The van der Waals surface area contributed by atoms with E-state index in [2.05, 4.69) is 39.6 Å². The number of nitrogens with zero attached hydrogens (tertiary/aromatic N) is 2. The first kappa shape index (κ1) is 18.7. The Morgan fingerprint density at radius 2 is 2.04 bits per heavy atom. The zero-order valence-electron chi connectivity index (χ0n) is 14.3. The predicted octanol–water partition coefficient (Wildman–Crippen LogP) is 3.00. The lowest BCUT2D eigenvalue weighted by atomic mass is 10.3. The molecule has 0 radical (unpaired) electrons. The van der Waals surface area contributed by atoms with Crippen molar-refractivity contribution in [3.05, 3.63) is 52.7 Å². The van der Waals surface area contributed by atoms with Gasteiger partial charge in [0.05, 0.1) is 17.3 Å². The third-order valence-electron chi connectivity index (χ3n) is 3.51. The molecule has 2 rings (SSSR count). The first-order chi connectivity index (χ1) is 11.7. The number of thiophene rings is 1. The molecule has 4 nitrogen and oxygen atoms in total. The maximum atomic E-state index is 12.2. The van der Waals surface area contributed by atoms with E-state index in [9.17, 15) is 4.21 Å². The molecule has 1 aromatic heterocycles. The number of hydrogen-bond acceptors (Lipinski definition) is 3. The lowest BCUT2D eigenvalue weighted by Gasteiger charge is -2.21. The van der Waals surface area contributed by atoms with Gasteiger partial charge in [-0.15, -0.1) is 11.3 Å². The van der Waals surface area contributed by atoms with E-state index < -0.39 is 10.8 Å². The van der Waals surface area contributed by atoms with Crippen LogP contribution in [0.15, 0.2) is 57.7 Å². The molecule has 0 bridgehead atoms. The molecular weight excluding hydrogens is 338 g/mol. The summed E-state index contributed by atoms with van der Waals surface area (Å²) in [6.45, 7) is 4.34. The van der Waals surface area contributed by atoms with E-state index in [0.717, 1.165) is 30.4 Å². The summed E-state index contributed by atoms with van der Waals surface area (Å²) >= 11 is 1.78. The Morgan fingerprint density at radius 3 is 2.71 bits per heavy atom. The molecule has 1 heterocycles. The minimum Gasteiger partial charge on any atom is -0.357 e. The summed E-state index contributed by atoms with van der Waals surface area (Å²) < 4.78 is 12.2. The second-order valence-corrected chi connectivity index (χ2v) is 7.95. The van der Waals surface area contributed by atoms with Crippen LogP contribution in [0.5, 0.6) is 0 Å². The van der Waals surface area contributed by atoms with Crippen LogP contribution in [-0.2, 0) is 17.2 Å². The van der Waals surface area contributed by atoms with Gasteiger partial charge in [-0.2, -0.15) is 0 Å². The van der Waals surface area contributed by atoms with Gasteiger partial charge in [0.15, 0.2) is 5.96 Å². The lowest BCUT2D eigenvalue weighted by Crippen LogP contribution is -2.40. The van der Waals surface area contributed by atoms with Gasteiger partial charge >= 0.3 is 0 Å². The normalized spacial score (nSPS) is 12.8. The van der Waals surface area contributed by atoms with Crippen molar-refractivity contribution in [2.24, 2.45) is 4.99 Å². The van der Waals surface area contributed by atoms with Crippen molar-refractivity contribution in [3.63, 3.8) is 0 Å². The molecule has 0 saturated carbocycles. The van der Waals surface area contributed by atoms with Gasteiger partial charge in [0, 0.05) is 35.7 Å². The monoisotopic (exact) mass is 363 g/mol. The van der Waals surface area contributed by atoms with Crippen LogP contribution in [0.4, 0.5) is 0 Å². The van der Waals surface area contributed by atoms with E-state index >= 15 is 0 Å². The molecule has 0 fully saturated rings. The molecule has 1 atom stereocenters. The zero-order chi connectivity index (χ0) is 17.2. The van der Waals surface area contributed by atoms with Crippen molar-refractivity contribution < 1.29 is 4.21 Å². The number of likely N-dealkylation sites (N-methyl/N-ethyl adjacent to an activating group) is 1. The van der Waals surface area contributed by atoms with Gasteiger partial charge < -0.3 is 10.2 Å². The molecule has 0 aliphatic heterocycles. The molecule has 0 spiro atoms. The summed E-state index contributed by atoms with van der Waals surface area (Å²) in [7, 11) is 1.05.